The molecular weight excluding hydrogens is 430 g/mol. The van der Waals surface area contributed by atoms with Crippen molar-refractivity contribution >= 4 is 5.91 Å². The molecule has 4 aromatic rings. The summed E-state index contributed by atoms with van der Waals surface area (Å²) >= 11 is 0. The van der Waals surface area contributed by atoms with E-state index in [9.17, 15) is 9.90 Å². The number of ether oxygens (including phenoxy) is 2. The Labute approximate surface area is 197 Å². The minimum absolute atomic E-state index is 0.110. The Hall–Kier alpha value is -4.10. The lowest BCUT2D eigenvalue weighted by atomic mass is 9.95. The van der Waals surface area contributed by atoms with Gasteiger partial charge in [-0.1, -0.05) is 54.6 Å². The summed E-state index contributed by atoms with van der Waals surface area (Å²) in [6.07, 6.45) is 0. The molecule has 3 aromatic carbocycles. The van der Waals surface area contributed by atoms with Gasteiger partial charge in [-0.3, -0.25) is 9.89 Å². The predicted molar refractivity (Wildman–Crippen MR) is 128 cm³/mol. The molecule has 2 heterocycles. The molecule has 1 unspecified atom stereocenters. The van der Waals surface area contributed by atoms with Gasteiger partial charge in [-0.25, -0.2) is 0 Å². The molecule has 34 heavy (non-hydrogen) atoms. The number of aromatic amines is 1. The first-order valence-electron chi connectivity index (χ1n) is 11.1. The third kappa shape index (κ3) is 4.02. The summed E-state index contributed by atoms with van der Waals surface area (Å²) in [5, 5.41) is 17.8. The number of amides is 1. The Bertz CT molecular complexity index is 1300. The van der Waals surface area contributed by atoms with Crippen molar-refractivity contribution in [3.05, 3.63) is 101 Å². The third-order valence-corrected chi connectivity index (χ3v) is 5.98. The number of hydrogen-bond donors (Lipinski definition) is 2. The highest BCUT2D eigenvalue weighted by Crippen LogP contribution is 2.44. The monoisotopic (exact) mass is 455 g/mol. The van der Waals surface area contributed by atoms with Gasteiger partial charge in [0, 0.05) is 24.8 Å². The number of nitrogens with one attached hydrogen (secondary N) is 1. The molecular formula is C27H25N3O4. The molecule has 7 heteroatoms. The van der Waals surface area contributed by atoms with Crippen LogP contribution in [0.15, 0.2) is 78.9 Å². The standard InChI is InChI=1S/C27H25N3O4/c1-33-15-14-30-26(19-10-7-11-20(16-19)34-17-18-8-3-2-4-9-18)23-24(28-29-25(23)27(30)32)21-12-5-6-13-22(21)31/h2-13,16,26,31H,14-15,17H2,1H3,(H,28,29). The SMILES string of the molecule is COCCN1C(=O)c2[nH]nc(-c3ccccc3O)c2C1c1cccc(OCc2ccccc2)c1. The van der Waals surface area contributed by atoms with Crippen LogP contribution in [-0.2, 0) is 11.3 Å². The zero-order valence-electron chi connectivity index (χ0n) is 18.8. The van der Waals surface area contributed by atoms with Gasteiger partial charge in [0.05, 0.1) is 12.6 Å². The van der Waals surface area contributed by atoms with E-state index in [0.717, 1.165) is 16.7 Å². The molecule has 1 aliphatic heterocycles. The second-order valence-corrected chi connectivity index (χ2v) is 8.12. The molecule has 7 nitrogen and oxygen atoms in total. The van der Waals surface area contributed by atoms with Gasteiger partial charge in [0.1, 0.15) is 29.5 Å². The fraction of sp³-hybridized carbons (Fsp3) is 0.185. The fourth-order valence-corrected chi connectivity index (χ4v) is 4.36. The first-order chi connectivity index (χ1) is 16.7. The molecule has 0 spiro atoms. The van der Waals surface area contributed by atoms with E-state index in [0.29, 0.717) is 42.5 Å². The molecule has 0 saturated heterocycles. The van der Waals surface area contributed by atoms with E-state index in [4.69, 9.17) is 9.47 Å². The average Bonchev–Trinajstić information content (AvgIpc) is 3.41. The second kappa shape index (κ2) is 9.41. The molecule has 0 saturated carbocycles. The van der Waals surface area contributed by atoms with Gasteiger partial charge < -0.3 is 19.5 Å². The van der Waals surface area contributed by atoms with Crippen LogP contribution in [0.2, 0.25) is 0 Å². The second-order valence-electron chi connectivity index (χ2n) is 8.12. The van der Waals surface area contributed by atoms with Gasteiger partial charge in [0.25, 0.3) is 5.91 Å². The van der Waals surface area contributed by atoms with Crippen molar-refractivity contribution in [3.63, 3.8) is 0 Å². The quantitative estimate of drug-likeness (QED) is 0.407. The van der Waals surface area contributed by atoms with Crippen molar-refractivity contribution in [3.8, 4) is 22.8 Å². The number of carbonyl (C=O) groups excluding carboxylic acids is 1. The average molecular weight is 456 g/mol. The van der Waals surface area contributed by atoms with E-state index in [-0.39, 0.29) is 11.7 Å². The fourth-order valence-electron chi connectivity index (χ4n) is 4.36. The van der Waals surface area contributed by atoms with Crippen LogP contribution in [0.4, 0.5) is 0 Å². The molecule has 1 amide bonds. The van der Waals surface area contributed by atoms with Crippen molar-refractivity contribution in [2.24, 2.45) is 0 Å². The Morgan fingerprint density at radius 3 is 2.62 bits per heavy atom. The lowest BCUT2D eigenvalue weighted by molar-refractivity contribution is 0.0677. The number of phenols is 1. The molecule has 0 aliphatic carbocycles. The molecule has 2 N–H and O–H groups in total. The van der Waals surface area contributed by atoms with Crippen LogP contribution in [-0.4, -0.2) is 46.4 Å². The molecule has 1 atom stereocenters. The Morgan fingerprint density at radius 1 is 1.03 bits per heavy atom. The van der Waals surface area contributed by atoms with E-state index in [1.807, 2.05) is 60.7 Å². The molecule has 0 bridgehead atoms. The number of aromatic hydroxyl groups is 1. The number of fused-ring (bicyclic) bond motifs is 1. The van der Waals surface area contributed by atoms with Crippen molar-refractivity contribution in [1.82, 2.24) is 15.1 Å². The summed E-state index contributed by atoms with van der Waals surface area (Å²) < 4.78 is 11.3. The number of H-pyrrole nitrogens is 1. The third-order valence-electron chi connectivity index (χ3n) is 5.98. The number of rotatable bonds is 8. The maximum atomic E-state index is 13.3. The smallest absolute Gasteiger partial charge is 0.273 e. The van der Waals surface area contributed by atoms with Crippen molar-refractivity contribution < 1.29 is 19.4 Å². The van der Waals surface area contributed by atoms with Crippen LogP contribution >= 0.6 is 0 Å². The molecule has 0 radical (unpaired) electrons. The van der Waals surface area contributed by atoms with Gasteiger partial charge >= 0.3 is 0 Å². The van der Waals surface area contributed by atoms with Crippen LogP contribution in [0.3, 0.4) is 0 Å². The molecule has 1 aromatic heterocycles. The number of nitrogens with zero attached hydrogens (tertiary/aromatic N) is 2. The lowest BCUT2D eigenvalue weighted by Crippen LogP contribution is -2.32. The van der Waals surface area contributed by atoms with Crippen LogP contribution < -0.4 is 4.74 Å². The first kappa shape index (κ1) is 21.7. The minimum Gasteiger partial charge on any atom is -0.507 e. The summed E-state index contributed by atoms with van der Waals surface area (Å²) in [6, 6.07) is 24.3. The van der Waals surface area contributed by atoms with Crippen molar-refractivity contribution in [1.29, 1.82) is 0 Å². The minimum atomic E-state index is -0.397. The van der Waals surface area contributed by atoms with Crippen molar-refractivity contribution in [2.45, 2.75) is 12.6 Å². The maximum absolute atomic E-state index is 13.3. The van der Waals surface area contributed by atoms with E-state index in [1.54, 1.807) is 30.2 Å². The summed E-state index contributed by atoms with van der Waals surface area (Å²) in [5.74, 6) is 0.668. The summed E-state index contributed by atoms with van der Waals surface area (Å²) in [5.41, 5.74) is 4.26. The Kier molecular flexibility index (Phi) is 6.01. The molecule has 5 rings (SSSR count). The Balaban J connectivity index is 1.54. The lowest BCUT2D eigenvalue weighted by Gasteiger charge is -2.26. The predicted octanol–water partition coefficient (Wildman–Crippen LogP) is 4.55. The summed E-state index contributed by atoms with van der Waals surface area (Å²) in [4.78, 5) is 15.1. The first-order valence-corrected chi connectivity index (χ1v) is 11.1. The van der Waals surface area contributed by atoms with Crippen LogP contribution in [0.1, 0.15) is 33.2 Å². The Morgan fingerprint density at radius 2 is 1.82 bits per heavy atom. The van der Waals surface area contributed by atoms with E-state index in [2.05, 4.69) is 10.2 Å². The molecule has 0 fully saturated rings. The van der Waals surface area contributed by atoms with Crippen molar-refractivity contribution in [2.75, 3.05) is 20.3 Å². The number of benzene rings is 3. The molecule has 172 valence electrons. The largest absolute Gasteiger partial charge is 0.507 e. The summed E-state index contributed by atoms with van der Waals surface area (Å²) in [7, 11) is 1.61. The highest BCUT2D eigenvalue weighted by Gasteiger charge is 2.42. The highest BCUT2D eigenvalue weighted by molar-refractivity contribution is 6.00. The number of methoxy groups -OCH3 is 1. The van der Waals surface area contributed by atoms with E-state index >= 15 is 0 Å². The van der Waals surface area contributed by atoms with Crippen LogP contribution in [0.5, 0.6) is 11.5 Å². The zero-order chi connectivity index (χ0) is 23.5. The number of hydrogen-bond acceptors (Lipinski definition) is 5. The van der Waals surface area contributed by atoms with E-state index in [1.165, 1.54) is 0 Å². The topological polar surface area (TPSA) is 87.7 Å². The van der Waals surface area contributed by atoms with Gasteiger partial charge in [-0.2, -0.15) is 5.10 Å². The van der Waals surface area contributed by atoms with E-state index < -0.39 is 6.04 Å². The number of para-hydroxylation sites is 1. The number of aromatic nitrogens is 2. The van der Waals surface area contributed by atoms with Crippen LogP contribution in [0, 0.1) is 0 Å². The maximum Gasteiger partial charge on any atom is 0.273 e. The van der Waals surface area contributed by atoms with Gasteiger partial charge in [0.15, 0.2) is 0 Å². The van der Waals surface area contributed by atoms with Gasteiger partial charge in [-0.15, -0.1) is 0 Å². The molecule has 1 aliphatic rings. The zero-order valence-corrected chi connectivity index (χ0v) is 18.8. The van der Waals surface area contributed by atoms with Crippen LogP contribution in [0.25, 0.3) is 11.3 Å². The highest BCUT2D eigenvalue weighted by atomic mass is 16.5. The number of carbonyl (C=O) groups is 1. The van der Waals surface area contributed by atoms with Gasteiger partial charge in [-0.05, 0) is 35.4 Å². The summed E-state index contributed by atoms with van der Waals surface area (Å²) in [6.45, 7) is 1.26. The van der Waals surface area contributed by atoms with Gasteiger partial charge in [0.2, 0.25) is 0 Å². The normalized spacial score (nSPS) is 14.9. The number of phenolic OH excluding ortho intramolecular Hbond substituents is 1.